The monoisotopic (exact) mass is 365 g/mol. The molecule has 1 rings (SSSR count). The van der Waals surface area contributed by atoms with Gasteiger partial charge in [0.1, 0.15) is 0 Å². The molecule has 0 spiro atoms. The number of phenolic OH excluding ortho intramolecular Hbond substituents is 1. The molecular formula is C12H17FIN3O. The molecule has 0 amide bonds. The summed E-state index contributed by atoms with van der Waals surface area (Å²) in [6, 6.07) is 4.25. The van der Waals surface area contributed by atoms with Crippen molar-refractivity contribution in [3.8, 4) is 5.75 Å². The highest BCUT2D eigenvalue weighted by molar-refractivity contribution is 14.0. The highest BCUT2D eigenvalue weighted by Gasteiger charge is 2.02. The van der Waals surface area contributed by atoms with Crippen molar-refractivity contribution >= 4 is 29.9 Å². The summed E-state index contributed by atoms with van der Waals surface area (Å²) < 4.78 is 13.1. The first-order valence-electron chi connectivity index (χ1n) is 5.20. The molecule has 0 fully saturated rings. The summed E-state index contributed by atoms with van der Waals surface area (Å²) in [5, 5.41) is 15.0. The van der Waals surface area contributed by atoms with Gasteiger partial charge in [-0.3, -0.25) is 4.99 Å². The first kappa shape index (κ1) is 16.7. The van der Waals surface area contributed by atoms with Crippen molar-refractivity contribution in [2.24, 2.45) is 4.99 Å². The van der Waals surface area contributed by atoms with Gasteiger partial charge >= 0.3 is 0 Å². The normalized spacial score (nSPS) is 10.4. The van der Waals surface area contributed by atoms with Gasteiger partial charge in [-0.1, -0.05) is 12.1 Å². The van der Waals surface area contributed by atoms with Crippen LogP contribution in [0.1, 0.15) is 5.56 Å². The average Bonchev–Trinajstić information content (AvgIpc) is 2.34. The maximum Gasteiger partial charge on any atom is 0.191 e. The summed E-state index contributed by atoms with van der Waals surface area (Å²) in [5.74, 6) is -0.361. The Labute approximate surface area is 123 Å². The number of aromatic hydroxyl groups is 1. The number of hydrogen-bond acceptors (Lipinski definition) is 2. The number of nitrogens with zero attached hydrogens (tertiary/aromatic N) is 1. The van der Waals surface area contributed by atoms with Gasteiger partial charge in [-0.25, -0.2) is 4.39 Å². The van der Waals surface area contributed by atoms with Crippen molar-refractivity contribution in [3.63, 3.8) is 0 Å². The molecule has 0 aliphatic heterocycles. The standard InChI is InChI=1S/C12H16FN3O.HI/c1-3-6-15-12(14-2)16-8-9-4-5-11(17)10(13)7-9;/h3-5,7,17H,1,6,8H2,2H3,(H2,14,15,16);1H. The van der Waals surface area contributed by atoms with Gasteiger partial charge < -0.3 is 15.7 Å². The number of guanidine groups is 1. The number of nitrogens with one attached hydrogen (secondary N) is 2. The third kappa shape index (κ3) is 5.35. The predicted octanol–water partition coefficient (Wildman–Crippen LogP) is 2.00. The zero-order valence-electron chi connectivity index (χ0n) is 10.1. The lowest BCUT2D eigenvalue weighted by Gasteiger charge is -2.10. The van der Waals surface area contributed by atoms with E-state index in [0.717, 1.165) is 5.56 Å². The van der Waals surface area contributed by atoms with E-state index in [2.05, 4.69) is 22.2 Å². The lowest BCUT2D eigenvalue weighted by molar-refractivity contribution is 0.431. The Morgan fingerprint density at radius 3 is 2.78 bits per heavy atom. The van der Waals surface area contributed by atoms with E-state index in [-0.39, 0.29) is 29.7 Å². The molecule has 6 heteroatoms. The Morgan fingerprint density at radius 2 is 2.22 bits per heavy atom. The van der Waals surface area contributed by atoms with Crippen LogP contribution in [0.2, 0.25) is 0 Å². The van der Waals surface area contributed by atoms with Crippen LogP contribution in [-0.4, -0.2) is 24.7 Å². The molecule has 0 unspecified atom stereocenters. The van der Waals surface area contributed by atoms with Gasteiger partial charge in [-0.05, 0) is 17.7 Å². The second-order valence-corrected chi connectivity index (χ2v) is 3.38. The molecule has 0 atom stereocenters. The second-order valence-electron chi connectivity index (χ2n) is 3.38. The van der Waals surface area contributed by atoms with Crippen molar-refractivity contribution < 1.29 is 9.50 Å². The van der Waals surface area contributed by atoms with E-state index >= 15 is 0 Å². The maximum absolute atomic E-state index is 13.1. The molecule has 100 valence electrons. The molecule has 0 heterocycles. The number of hydrogen-bond donors (Lipinski definition) is 3. The molecule has 0 bridgehead atoms. The predicted molar refractivity (Wildman–Crippen MR) is 81.9 cm³/mol. The van der Waals surface area contributed by atoms with E-state index < -0.39 is 5.82 Å². The Kier molecular flexibility index (Phi) is 8.10. The molecule has 0 aliphatic carbocycles. The minimum atomic E-state index is -0.627. The first-order chi connectivity index (χ1) is 8.17. The zero-order chi connectivity index (χ0) is 12.7. The Balaban J connectivity index is 0.00000289. The van der Waals surface area contributed by atoms with Crippen LogP contribution in [0.25, 0.3) is 0 Å². The largest absolute Gasteiger partial charge is 0.505 e. The highest BCUT2D eigenvalue weighted by atomic mass is 127. The highest BCUT2D eigenvalue weighted by Crippen LogP contribution is 2.15. The molecule has 0 aromatic heterocycles. The van der Waals surface area contributed by atoms with Gasteiger partial charge in [0.15, 0.2) is 17.5 Å². The van der Waals surface area contributed by atoms with Crippen LogP contribution in [0.15, 0.2) is 35.8 Å². The minimum Gasteiger partial charge on any atom is -0.505 e. The van der Waals surface area contributed by atoms with Crippen LogP contribution in [0.4, 0.5) is 4.39 Å². The summed E-state index contributed by atoms with van der Waals surface area (Å²) in [7, 11) is 1.65. The van der Waals surface area contributed by atoms with Crippen LogP contribution in [0.3, 0.4) is 0 Å². The van der Waals surface area contributed by atoms with Crippen molar-refractivity contribution in [2.75, 3.05) is 13.6 Å². The fourth-order valence-electron chi connectivity index (χ4n) is 1.24. The summed E-state index contributed by atoms with van der Waals surface area (Å²) in [6.45, 7) is 4.61. The van der Waals surface area contributed by atoms with E-state index in [0.29, 0.717) is 19.0 Å². The lowest BCUT2D eigenvalue weighted by atomic mass is 10.2. The fourth-order valence-corrected chi connectivity index (χ4v) is 1.24. The zero-order valence-corrected chi connectivity index (χ0v) is 12.4. The molecular weight excluding hydrogens is 348 g/mol. The molecule has 1 aromatic carbocycles. The second kappa shape index (κ2) is 8.73. The van der Waals surface area contributed by atoms with Gasteiger partial charge in [0.2, 0.25) is 0 Å². The molecule has 1 aromatic rings. The molecule has 3 N–H and O–H groups in total. The van der Waals surface area contributed by atoms with Crippen molar-refractivity contribution in [1.82, 2.24) is 10.6 Å². The van der Waals surface area contributed by atoms with E-state index in [9.17, 15) is 4.39 Å². The summed E-state index contributed by atoms with van der Waals surface area (Å²) in [6.07, 6.45) is 1.72. The van der Waals surface area contributed by atoms with Crippen LogP contribution < -0.4 is 10.6 Å². The van der Waals surface area contributed by atoms with Gasteiger partial charge in [-0.15, -0.1) is 30.6 Å². The molecule has 4 nitrogen and oxygen atoms in total. The SMILES string of the molecule is C=CCNC(=NC)NCc1ccc(O)c(F)c1.I. The third-order valence-electron chi connectivity index (χ3n) is 2.11. The number of rotatable bonds is 4. The van der Waals surface area contributed by atoms with Gasteiger partial charge in [0.05, 0.1) is 0 Å². The number of phenols is 1. The summed E-state index contributed by atoms with van der Waals surface area (Å²) >= 11 is 0. The van der Waals surface area contributed by atoms with E-state index in [4.69, 9.17) is 5.11 Å². The Morgan fingerprint density at radius 1 is 1.50 bits per heavy atom. The van der Waals surface area contributed by atoms with Gasteiger partial charge in [0, 0.05) is 20.1 Å². The maximum atomic E-state index is 13.1. The van der Waals surface area contributed by atoms with Gasteiger partial charge in [-0.2, -0.15) is 0 Å². The fraction of sp³-hybridized carbons (Fsp3) is 0.250. The van der Waals surface area contributed by atoms with Crippen LogP contribution in [0, 0.1) is 5.82 Å². The quantitative estimate of drug-likeness (QED) is 0.331. The number of halogens is 2. The first-order valence-corrected chi connectivity index (χ1v) is 5.20. The molecule has 0 radical (unpaired) electrons. The van der Waals surface area contributed by atoms with Crippen molar-refractivity contribution in [3.05, 3.63) is 42.2 Å². The Hall–Kier alpha value is -1.31. The molecule has 18 heavy (non-hydrogen) atoms. The van der Waals surface area contributed by atoms with Gasteiger partial charge in [0.25, 0.3) is 0 Å². The van der Waals surface area contributed by atoms with E-state index in [1.54, 1.807) is 19.2 Å². The number of aliphatic imine (C=N–C) groups is 1. The van der Waals surface area contributed by atoms with Crippen LogP contribution in [-0.2, 0) is 6.54 Å². The molecule has 0 aliphatic rings. The average molecular weight is 365 g/mol. The molecule has 0 saturated carbocycles. The Bertz CT molecular complexity index is 424. The van der Waals surface area contributed by atoms with Crippen LogP contribution in [0.5, 0.6) is 5.75 Å². The third-order valence-corrected chi connectivity index (χ3v) is 2.11. The topological polar surface area (TPSA) is 56.7 Å². The lowest BCUT2D eigenvalue weighted by Crippen LogP contribution is -2.36. The van der Waals surface area contributed by atoms with E-state index in [1.807, 2.05) is 0 Å². The number of benzene rings is 1. The van der Waals surface area contributed by atoms with Crippen molar-refractivity contribution in [2.45, 2.75) is 6.54 Å². The molecule has 0 saturated heterocycles. The van der Waals surface area contributed by atoms with Crippen molar-refractivity contribution in [1.29, 1.82) is 0 Å². The summed E-state index contributed by atoms with van der Waals surface area (Å²) in [4.78, 5) is 3.98. The summed E-state index contributed by atoms with van der Waals surface area (Å²) in [5.41, 5.74) is 0.724. The minimum absolute atomic E-state index is 0. The van der Waals surface area contributed by atoms with Crippen LogP contribution >= 0.6 is 24.0 Å². The van der Waals surface area contributed by atoms with E-state index in [1.165, 1.54) is 12.1 Å². The smallest absolute Gasteiger partial charge is 0.191 e.